The molecule has 3 aromatic carbocycles. The van der Waals surface area contributed by atoms with Crippen molar-refractivity contribution in [1.82, 2.24) is 31.0 Å². The minimum absolute atomic E-state index is 0.134. The zero-order valence-corrected chi connectivity index (χ0v) is 30.6. The maximum atomic E-state index is 14.0. The number of carbonyl (C=O) groups is 4. The molecule has 5 N–H and O–H groups in total. The average Bonchev–Trinajstić information content (AvgIpc) is 3.51. The predicted molar refractivity (Wildman–Crippen MR) is 202 cm³/mol. The van der Waals surface area contributed by atoms with Crippen LogP contribution in [0.5, 0.6) is 5.75 Å². The zero-order valence-electron chi connectivity index (χ0n) is 30.6. The van der Waals surface area contributed by atoms with Crippen LogP contribution in [-0.4, -0.2) is 78.6 Å². The largest absolute Gasteiger partial charge is 0.494 e. The highest BCUT2D eigenvalue weighted by molar-refractivity contribution is 6.02. The van der Waals surface area contributed by atoms with E-state index in [1.165, 1.54) is 42.4 Å². The number of benzene rings is 3. The van der Waals surface area contributed by atoms with Crippen molar-refractivity contribution in [3.8, 4) is 5.75 Å². The van der Waals surface area contributed by atoms with Gasteiger partial charge in [0.15, 0.2) is 0 Å². The van der Waals surface area contributed by atoms with Gasteiger partial charge in [-0.25, -0.2) is 19.8 Å². The normalized spacial score (nSPS) is 16.1. The molecular weight excluding hydrogens is 731 g/mol. The summed E-state index contributed by atoms with van der Waals surface area (Å²) in [6, 6.07) is 18.5. The number of para-hydroxylation sites is 1. The molecule has 7 rings (SSSR count). The van der Waals surface area contributed by atoms with E-state index in [-0.39, 0.29) is 60.1 Å². The number of urea groups is 1. The number of rotatable bonds is 11. The van der Waals surface area contributed by atoms with Crippen LogP contribution in [0.3, 0.4) is 0 Å². The number of nitrogens with zero attached hydrogens (tertiary/aromatic N) is 4. The van der Waals surface area contributed by atoms with Crippen LogP contribution in [0, 0.1) is 0 Å². The van der Waals surface area contributed by atoms with Gasteiger partial charge in [0, 0.05) is 68.7 Å². The van der Waals surface area contributed by atoms with E-state index in [2.05, 4.69) is 36.5 Å². The van der Waals surface area contributed by atoms with E-state index in [9.17, 15) is 32.3 Å². The maximum absolute atomic E-state index is 14.0. The second-order valence-corrected chi connectivity index (χ2v) is 13.6. The molecule has 0 bridgehead atoms. The number of pyridine rings is 1. The van der Waals surface area contributed by atoms with Crippen LogP contribution in [0.25, 0.3) is 0 Å². The number of hydrogen-bond acceptors (Lipinski definition) is 10. The summed E-state index contributed by atoms with van der Waals surface area (Å²) >= 11 is 0. The Kier molecular flexibility index (Phi) is 10.7. The Bertz CT molecular complexity index is 2170. The van der Waals surface area contributed by atoms with Gasteiger partial charge in [0.25, 0.3) is 11.8 Å². The van der Waals surface area contributed by atoms with Gasteiger partial charge in [-0.3, -0.25) is 19.7 Å². The fraction of sp³-hybridized carbons (Fsp3) is 0.308. The minimum atomic E-state index is -4.70. The van der Waals surface area contributed by atoms with Gasteiger partial charge in [0.05, 0.1) is 48.4 Å². The Hall–Kier alpha value is -6.36. The average molecular weight is 772 g/mol. The van der Waals surface area contributed by atoms with Crippen LogP contribution in [0.4, 0.5) is 46.5 Å². The van der Waals surface area contributed by atoms with E-state index in [0.29, 0.717) is 23.5 Å². The summed E-state index contributed by atoms with van der Waals surface area (Å²) in [4.78, 5) is 55.5. The summed E-state index contributed by atoms with van der Waals surface area (Å²) in [5.41, 5.74) is 2.95. The zero-order chi connectivity index (χ0) is 39.6. The number of ether oxygens (including phenoxy) is 1. The Morgan fingerprint density at radius 2 is 1.71 bits per heavy atom. The van der Waals surface area contributed by atoms with Crippen LogP contribution in [0.2, 0.25) is 0 Å². The van der Waals surface area contributed by atoms with E-state index < -0.39 is 23.7 Å². The number of carbonyl (C=O) groups excluding carboxylic acids is 4. The molecule has 292 valence electrons. The number of nitrogens with one attached hydrogen (secondary N) is 5. The molecule has 4 aromatic rings. The number of alkyl halides is 3. The van der Waals surface area contributed by atoms with Gasteiger partial charge in [0.2, 0.25) is 5.91 Å². The number of aromatic nitrogens is 1. The van der Waals surface area contributed by atoms with Gasteiger partial charge in [-0.2, -0.15) is 13.2 Å². The standard InChI is InChI=1S/C39H40F3N9O5/c1-43-36(53)28-5-3-4-6-30(28)46-32-19-34(45-21-29(32)39(40,41)42)47-31-10-8-26(18-33(31)56-2)49-14-11-25(12-15-49)44-20-23-7-9-27-24(17-23)22-51(37(27)54)50-16-13-35(52)48-38(50)55/h3-10,17-19,21,25,44H,11-16,20,22H2,1-2H3,(H,43,53)(H2,45,46,47)(H,48,52,55). The number of imide groups is 1. The summed E-state index contributed by atoms with van der Waals surface area (Å²) in [5.74, 6) is -0.458. The van der Waals surface area contributed by atoms with Crippen LogP contribution >= 0.6 is 0 Å². The number of halogens is 3. The van der Waals surface area contributed by atoms with Crippen molar-refractivity contribution in [3.05, 3.63) is 101 Å². The smallest absolute Gasteiger partial charge is 0.419 e. The fourth-order valence-corrected chi connectivity index (χ4v) is 7.09. The van der Waals surface area contributed by atoms with Crippen LogP contribution in [0.15, 0.2) is 72.9 Å². The fourth-order valence-electron chi connectivity index (χ4n) is 7.09. The first-order chi connectivity index (χ1) is 26.9. The molecule has 0 aliphatic carbocycles. The third kappa shape index (κ3) is 8.02. The number of methoxy groups -OCH3 is 1. The van der Waals surface area contributed by atoms with Gasteiger partial charge < -0.3 is 30.9 Å². The lowest BCUT2D eigenvalue weighted by Gasteiger charge is -2.34. The van der Waals surface area contributed by atoms with E-state index in [1.807, 2.05) is 24.3 Å². The minimum Gasteiger partial charge on any atom is -0.494 e. The molecule has 2 saturated heterocycles. The molecule has 4 heterocycles. The first-order valence-electron chi connectivity index (χ1n) is 18.1. The second-order valence-electron chi connectivity index (χ2n) is 13.6. The number of piperidine rings is 1. The first kappa shape index (κ1) is 37.9. The Morgan fingerprint density at radius 1 is 0.929 bits per heavy atom. The molecule has 17 heteroatoms. The van der Waals surface area contributed by atoms with E-state index >= 15 is 0 Å². The Morgan fingerprint density at radius 3 is 2.45 bits per heavy atom. The van der Waals surface area contributed by atoms with Crippen molar-refractivity contribution in [2.75, 3.05) is 49.3 Å². The number of hydrogen-bond donors (Lipinski definition) is 5. The van der Waals surface area contributed by atoms with Crippen LogP contribution in [-0.2, 0) is 24.1 Å². The lowest BCUT2D eigenvalue weighted by Crippen LogP contribution is -2.56. The molecule has 0 radical (unpaired) electrons. The van der Waals surface area contributed by atoms with Gasteiger partial charge in [-0.05, 0) is 54.3 Å². The molecule has 3 aliphatic rings. The molecule has 1 aromatic heterocycles. The van der Waals surface area contributed by atoms with Gasteiger partial charge >= 0.3 is 12.2 Å². The number of hydrazine groups is 1. The van der Waals surface area contributed by atoms with Crippen molar-refractivity contribution in [2.24, 2.45) is 0 Å². The highest BCUT2D eigenvalue weighted by Gasteiger charge is 2.37. The summed E-state index contributed by atoms with van der Waals surface area (Å²) in [7, 11) is 2.96. The third-order valence-corrected chi connectivity index (χ3v) is 10.1. The molecule has 2 fully saturated rings. The molecule has 0 saturated carbocycles. The third-order valence-electron chi connectivity index (χ3n) is 10.1. The van der Waals surface area contributed by atoms with Crippen molar-refractivity contribution < 1.29 is 37.1 Å². The monoisotopic (exact) mass is 771 g/mol. The Balaban J connectivity index is 0.964. The lowest BCUT2D eigenvalue weighted by atomic mass is 10.0. The van der Waals surface area contributed by atoms with Gasteiger partial charge in [-0.15, -0.1) is 0 Å². The molecule has 56 heavy (non-hydrogen) atoms. The summed E-state index contributed by atoms with van der Waals surface area (Å²) in [5, 5.41) is 16.9. The van der Waals surface area contributed by atoms with Gasteiger partial charge in [-0.1, -0.05) is 24.3 Å². The Labute approximate surface area is 320 Å². The summed E-state index contributed by atoms with van der Waals surface area (Å²) in [6.45, 7) is 2.57. The summed E-state index contributed by atoms with van der Waals surface area (Å²) in [6.07, 6.45) is -2.08. The molecule has 0 unspecified atom stereocenters. The van der Waals surface area contributed by atoms with Gasteiger partial charge in [0.1, 0.15) is 11.6 Å². The highest BCUT2D eigenvalue weighted by Crippen LogP contribution is 2.39. The van der Waals surface area contributed by atoms with Crippen molar-refractivity contribution >= 4 is 52.3 Å². The van der Waals surface area contributed by atoms with Crippen LogP contribution < -0.4 is 36.2 Å². The number of fused-ring (bicyclic) bond motifs is 1. The SMILES string of the molecule is CNC(=O)c1ccccc1Nc1cc(Nc2ccc(N3CCC(NCc4ccc5c(c4)CN(N4CCC(=O)NC4=O)C5=O)CC3)cc2OC)ncc1C(F)(F)F. The quantitative estimate of drug-likeness (QED) is 0.131. The predicted octanol–water partition coefficient (Wildman–Crippen LogP) is 5.53. The van der Waals surface area contributed by atoms with Crippen molar-refractivity contribution in [2.45, 2.75) is 44.6 Å². The lowest BCUT2D eigenvalue weighted by molar-refractivity contribution is -0.137. The highest BCUT2D eigenvalue weighted by atomic mass is 19.4. The molecule has 0 spiro atoms. The number of amides is 5. The van der Waals surface area contributed by atoms with Crippen molar-refractivity contribution in [1.29, 1.82) is 0 Å². The molecule has 3 aliphatic heterocycles. The molecule has 5 amide bonds. The summed E-state index contributed by atoms with van der Waals surface area (Å²) < 4.78 is 47.7. The molecular formula is C39H40F3N9O5. The maximum Gasteiger partial charge on any atom is 0.419 e. The van der Waals surface area contributed by atoms with Crippen molar-refractivity contribution in [3.63, 3.8) is 0 Å². The van der Waals surface area contributed by atoms with E-state index in [1.54, 1.807) is 24.3 Å². The molecule has 0 atom stereocenters. The van der Waals surface area contributed by atoms with Crippen LogP contribution in [0.1, 0.15) is 56.7 Å². The molecule has 14 nitrogen and oxygen atoms in total. The topological polar surface area (TPSA) is 160 Å². The van der Waals surface area contributed by atoms with E-state index in [0.717, 1.165) is 48.9 Å². The van der Waals surface area contributed by atoms with E-state index in [4.69, 9.17) is 4.74 Å². The number of anilines is 5. The first-order valence-corrected chi connectivity index (χ1v) is 18.1. The second kappa shape index (κ2) is 15.8.